The number of carbonyl (C=O) groups is 1. The number of hydrogen-bond acceptors (Lipinski definition) is 5. The van der Waals surface area contributed by atoms with Crippen LogP contribution in [0.3, 0.4) is 0 Å². The lowest BCUT2D eigenvalue weighted by Crippen LogP contribution is -2.27. The molecule has 0 unspecified atom stereocenters. The van der Waals surface area contributed by atoms with Gasteiger partial charge in [0.2, 0.25) is 0 Å². The Bertz CT molecular complexity index is 1590. The highest BCUT2D eigenvalue weighted by atomic mass is 79.9. The molecule has 186 valence electrons. The van der Waals surface area contributed by atoms with Gasteiger partial charge in [0.25, 0.3) is 5.91 Å². The molecule has 1 amide bonds. The molecule has 0 bridgehead atoms. The molecule has 4 aromatic rings. The number of anilines is 1. The van der Waals surface area contributed by atoms with Gasteiger partial charge in [0.1, 0.15) is 6.61 Å². The smallest absolute Gasteiger partial charge is 0.270 e. The van der Waals surface area contributed by atoms with Crippen molar-refractivity contribution in [3.63, 3.8) is 0 Å². The SMILES string of the molecule is COc1cc(/C=C2\SC(=S)N(c3cccc4ccccc34)C2=O)cc(Br)c1OCc1ccc(Cl)cc1Cl. The Morgan fingerprint density at radius 2 is 1.84 bits per heavy atom. The molecule has 0 saturated carbocycles. The molecule has 9 heteroatoms. The maximum Gasteiger partial charge on any atom is 0.270 e. The molecule has 1 aliphatic heterocycles. The van der Waals surface area contributed by atoms with E-state index in [4.69, 9.17) is 44.9 Å². The maximum absolute atomic E-state index is 13.4. The Morgan fingerprint density at radius 3 is 2.62 bits per heavy atom. The van der Waals surface area contributed by atoms with Gasteiger partial charge in [-0.05, 0) is 63.3 Å². The van der Waals surface area contributed by atoms with Crippen LogP contribution in [0.15, 0.2) is 82.2 Å². The maximum atomic E-state index is 13.4. The van der Waals surface area contributed by atoms with E-state index in [-0.39, 0.29) is 12.5 Å². The van der Waals surface area contributed by atoms with E-state index in [1.165, 1.54) is 11.8 Å². The van der Waals surface area contributed by atoms with Gasteiger partial charge < -0.3 is 9.47 Å². The number of amides is 1. The zero-order chi connectivity index (χ0) is 26.1. The van der Waals surface area contributed by atoms with Crippen molar-refractivity contribution in [3.8, 4) is 11.5 Å². The predicted molar refractivity (Wildman–Crippen MR) is 161 cm³/mol. The van der Waals surface area contributed by atoms with Crippen molar-refractivity contribution in [1.82, 2.24) is 0 Å². The van der Waals surface area contributed by atoms with Crippen LogP contribution in [-0.2, 0) is 11.4 Å². The summed E-state index contributed by atoms with van der Waals surface area (Å²) in [5.41, 5.74) is 2.33. The molecule has 0 spiro atoms. The average Bonchev–Trinajstić information content (AvgIpc) is 3.15. The Balaban J connectivity index is 1.42. The molecular formula is C28H18BrCl2NO3S2. The first kappa shape index (κ1) is 26.1. The zero-order valence-electron chi connectivity index (χ0n) is 19.3. The van der Waals surface area contributed by atoms with Gasteiger partial charge in [0, 0.05) is 21.0 Å². The van der Waals surface area contributed by atoms with Crippen molar-refractivity contribution >= 4 is 95.9 Å². The summed E-state index contributed by atoms with van der Waals surface area (Å²) in [7, 11) is 1.56. The Morgan fingerprint density at radius 1 is 1.05 bits per heavy atom. The van der Waals surface area contributed by atoms with Crippen molar-refractivity contribution < 1.29 is 14.3 Å². The van der Waals surface area contributed by atoms with E-state index in [9.17, 15) is 4.79 Å². The number of fused-ring (bicyclic) bond motifs is 1. The summed E-state index contributed by atoms with van der Waals surface area (Å²) in [4.78, 5) is 15.6. The third-order valence-electron chi connectivity index (χ3n) is 5.74. The number of carbonyl (C=O) groups excluding carboxylic acids is 1. The molecule has 37 heavy (non-hydrogen) atoms. The fourth-order valence-corrected chi connectivity index (χ4v) is 6.30. The largest absolute Gasteiger partial charge is 0.493 e. The van der Waals surface area contributed by atoms with Gasteiger partial charge in [-0.15, -0.1) is 0 Å². The number of benzene rings is 4. The summed E-state index contributed by atoms with van der Waals surface area (Å²) in [5.74, 6) is 0.864. The summed E-state index contributed by atoms with van der Waals surface area (Å²) < 4.78 is 12.8. The Labute approximate surface area is 242 Å². The first-order chi connectivity index (χ1) is 17.9. The quantitative estimate of drug-likeness (QED) is 0.157. The second-order valence-electron chi connectivity index (χ2n) is 8.07. The van der Waals surface area contributed by atoms with Gasteiger partial charge in [0.15, 0.2) is 15.8 Å². The highest BCUT2D eigenvalue weighted by Gasteiger charge is 2.34. The number of ether oxygens (including phenoxy) is 2. The van der Waals surface area contributed by atoms with E-state index in [1.54, 1.807) is 30.2 Å². The summed E-state index contributed by atoms with van der Waals surface area (Å²) in [5, 5.41) is 3.09. The van der Waals surface area contributed by atoms with Gasteiger partial charge in [-0.1, -0.05) is 89.6 Å². The topological polar surface area (TPSA) is 38.8 Å². The third-order valence-corrected chi connectivity index (χ3v) is 8.22. The minimum Gasteiger partial charge on any atom is -0.493 e. The van der Waals surface area contributed by atoms with E-state index < -0.39 is 0 Å². The van der Waals surface area contributed by atoms with Crippen LogP contribution >= 0.6 is 63.1 Å². The van der Waals surface area contributed by atoms with Crippen molar-refractivity contribution in [1.29, 1.82) is 0 Å². The number of thioether (sulfide) groups is 1. The fourth-order valence-electron chi connectivity index (χ4n) is 3.98. The second kappa shape index (κ2) is 11.1. The molecule has 0 atom stereocenters. The van der Waals surface area contributed by atoms with Crippen LogP contribution in [0.5, 0.6) is 11.5 Å². The predicted octanol–water partition coefficient (Wildman–Crippen LogP) is 8.90. The highest BCUT2D eigenvalue weighted by Crippen LogP contribution is 2.41. The van der Waals surface area contributed by atoms with Crippen molar-refractivity contribution in [2.75, 3.05) is 12.0 Å². The van der Waals surface area contributed by atoms with Crippen LogP contribution in [0, 0.1) is 0 Å². The monoisotopic (exact) mass is 629 g/mol. The summed E-state index contributed by atoms with van der Waals surface area (Å²) >= 11 is 22.7. The molecule has 5 rings (SSSR count). The van der Waals surface area contributed by atoms with Crippen molar-refractivity contribution in [2.24, 2.45) is 0 Å². The van der Waals surface area contributed by atoms with Crippen LogP contribution in [0.25, 0.3) is 16.8 Å². The molecule has 1 fully saturated rings. The first-order valence-electron chi connectivity index (χ1n) is 11.1. The number of rotatable bonds is 6. The lowest BCUT2D eigenvalue weighted by molar-refractivity contribution is -0.113. The van der Waals surface area contributed by atoms with Gasteiger partial charge >= 0.3 is 0 Å². The van der Waals surface area contributed by atoms with Crippen molar-refractivity contribution in [2.45, 2.75) is 6.61 Å². The van der Waals surface area contributed by atoms with Gasteiger partial charge in [-0.25, -0.2) is 0 Å². The van der Waals surface area contributed by atoms with Gasteiger partial charge in [-0.2, -0.15) is 0 Å². The van der Waals surface area contributed by atoms with Crippen LogP contribution in [-0.4, -0.2) is 17.3 Å². The molecule has 4 aromatic carbocycles. The average molecular weight is 631 g/mol. The zero-order valence-corrected chi connectivity index (χ0v) is 24.1. The lowest BCUT2D eigenvalue weighted by atomic mass is 10.1. The van der Waals surface area contributed by atoms with Crippen LogP contribution in [0.4, 0.5) is 5.69 Å². The normalized spacial score (nSPS) is 14.6. The van der Waals surface area contributed by atoms with Crippen LogP contribution < -0.4 is 14.4 Å². The minimum atomic E-state index is -0.167. The van der Waals surface area contributed by atoms with E-state index in [0.717, 1.165) is 27.6 Å². The summed E-state index contributed by atoms with van der Waals surface area (Å²) in [6.07, 6.45) is 1.80. The molecule has 0 aromatic heterocycles. The lowest BCUT2D eigenvalue weighted by Gasteiger charge is -2.17. The number of thiocarbonyl (C=S) groups is 1. The van der Waals surface area contributed by atoms with Crippen LogP contribution in [0.2, 0.25) is 10.0 Å². The molecule has 0 N–H and O–H groups in total. The second-order valence-corrected chi connectivity index (χ2v) is 11.4. The number of nitrogens with zero attached hydrogens (tertiary/aromatic N) is 1. The number of methoxy groups -OCH3 is 1. The van der Waals surface area contributed by atoms with Crippen molar-refractivity contribution in [3.05, 3.63) is 103 Å². The number of halogens is 3. The minimum absolute atomic E-state index is 0.167. The van der Waals surface area contributed by atoms with E-state index >= 15 is 0 Å². The molecule has 1 heterocycles. The molecule has 1 aliphatic rings. The standard InChI is InChI=1S/C28H18BrCl2NO3S2/c1-34-24-12-16(11-21(29)26(24)35-15-18-9-10-19(30)14-22(18)31)13-25-27(33)32(28(36)37-25)23-8-4-6-17-5-2-3-7-20(17)23/h2-14H,15H2,1H3/b25-13-. The Kier molecular flexibility index (Phi) is 7.79. The Hall–Kier alpha value is -2.55. The summed E-state index contributed by atoms with van der Waals surface area (Å²) in [6.45, 7) is 0.230. The van der Waals surface area contributed by atoms with E-state index in [0.29, 0.717) is 35.2 Å². The number of hydrogen-bond donors (Lipinski definition) is 0. The third kappa shape index (κ3) is 5.38. The first-order valence-corrected chi connectivity index (χ1v) is 13.8. The highest BCUT2D eigenvalue weighted by molar-refractivity contribution is 9.10. The fraction of sp³-hybridized carbons (Fsp3) is 0.0714. The summed E-state index contributed by atoms with van der Waals surface area (Å²) in [6, 6.07) is 22.7. The van der Waals surface area contributed by atoms with Gasteiger partial charge in [-0.3, -0.25) is 9.69 Å². The van der Waals surface area contributed by atoms with Crippen LogP contribution in [0.1, 0.15) is 11.1 Å². The molecular weight excluding hydrogens is 613 g/mol. The molecule has 4 nitrogen and oxygen atoms in total. The molecule has 1 saturated heterocycles. The molecule has 0 aliphatic carbocycles. The van der Waals surface area contributed by atoms with E-state index in [2.05, 4.69) is 15.9 Å². The van der Waals surface area contributed by atoms with Gasteiger partial charge in [0.05, 0.1) is 22.2 Å². The molecule has 0 radical (unpaired) electrons. The van der Waals surface area contributed by atoms with E-state index in [1.807, 2.05) is 60.7 Å².